The predicted octanol–water partition coefficient (Wildman–Crippen LogP) is 4.51. The van der Waals surface area contributed by atoms with Gasteiger partial charge in [0.25, 0.3) is 5.91 Å². The summed E-state index contributed by atoms with van der Waals surface area (Å²) in [5.41, 5.74) is 1.20. The molecule has 0 spiro atoms. The van der Waals surface area contributed by atoms with Gasteiger partial charge >= 0.3 is 0 Å². The van der Waals surface area contributed by atoms with Crippen LogP contribution < -0.4 is 0 Å². The van der Waals surface area contributed by atoms with Crippen molar-refractivity contribution in [3.63, 3.8) is 0 Å². The van der Waals surface area contributed by atoms with Gasteiger partial charge in [-0.2, -0.15) is 0 Å². The number of nitrogens with zero attached hydrogens (tertiary/aromatic N) is 5. The van der Waals surface area contributed by atoms with E-state index in [-0.39, 0.29) is 33.7 Å². The lowest BCUT2D eigenvalue weighted by molar-refractivity contribution is 0.0703. The molecule has 0 aliphatic carbocycles. The molecule has 1 amide bonds. The number of piperidine rings is 1. The highest BCUT2D eigenvalue weighted by Crippen LogP contribution is 2.35. The molecule has 0 saturated carbocycles. The van der Waals surface area contributed by atoms with Crippen molar-refractivity contribution >= 4 is 23.2 Å². The van der Waals surface area contributed by atoms with Crippen LogP contribution in [0.3, 0.4) is 0 Å². The van der Waals surface area contributed by atoms with E-state index < -0.39 is 5.82 Å². The van der Waals surface area contributed by atoms with Gasteiger partial charge in [0.1, 0.15) is 28.7 Å². The number of halogens is 2. The van der Waals surface area contributed by atoms with E-state index in [0.29, 0.717) is 18.8 Å². The predicted molar refractivity (Wildman–Crippen MR) is 113 cm³/mol. The number of aromatic nitrogens is 4. The standard InChI is InChI=1S/C22H19ClFN5O2/c1-13-18(20(27-31-13)19-15(23)7-4-8-16(19)24)22(30)28-10-5-6-14(12-28)21-26-25-17-9-2-3-11-29(17)21/h2-4,7-9,11,14H,5-6,10,12H2,1H3/t14-/m1/s1. The summed E-state index contributed by atoms with van der Waals surface area (Å²) in [4.78, 5) is 15.2. The number of hydrogen-bond acceptors (Lipinski definition) is 5. The number of rotatable bonds is 3. The van der Waals surface area contributed by atoms with E-state index in [0.717, 1.165) is 24.3 Å². The second-order valence-corrected chi connectivity index (χ2v) is 8.04. The SMILES string of the molecule is Cc1onc(-c2c(F)cccc2Cl)c1C(=O)N1CCC[C@@H](c2nnc3ccccn23)C1. The quantitative estimate of drug-likeness (QED) is 0.469. The van der Waals surface area contributed by atoms with Crippen molar-refractivity contribution in [2.45, 2.75) is 25.7 Å². The Balaban J connectivity index is 1.48. The molecule has 0 N–H and O–H groups in total. The molecule has 9 heteroatoms. The molecule has 1 aromatic carbocycles. The first-order valence-corrected chi connectivity index (χ1v) is 10.4. The van der Waals surface area contributed by atoms with Crippen LogP contribution in [0.25, 0.3) is 16.9 Å². The van der Waals surface area contributed by atoms with Gasteiger partial charge in [-0.05, 0) is 44.0 Å². The molecule has 3 aromatic heterocycles. The van der Waals surface area contributed by atoms with Crippen LogP contribution in [-0.2, 0) is 0 Å². The van der Waals surface area contributed by atoms with Crippen LogP contribution in [-0.4, -0.2) is 43.7 Å². The maximum atomic E-state index is 14.5. The molecule has 0 unspecified atom stereocenters. The smallest absolute Gasteiger partial charge is 0.259 e. The Hall–Kier alpha value is -3.26. The molecular formula is C22H19ClFN5O2. The first-order valence-electron chi connectivity index (χ1n) is 10.0. The number of benzene rings is 1. The average molecular weight is 440 g/mol. The number of carbonyl (C=O) groups is 1. The monoisotopic (exact) mass is 439 g/mol. The van der Waals surface area contributed by atoms with Gasteiger partial charge in [-0.25, -0.2) is 4.39 Å². The zero-order valence-electron chi connectivity index (χ0n) is 16.8. The number of hydrogen-bond donors (Lipinski definition) is 0. The third-order valence-electron chi connectivity index (χ3n) is 5.69. The van der Waals surface area contributed by atoms with Gasteiger partial charge in [0.2, 0.25) is 0 Å². The van der Waals surface area contributed by atoms with Crippen LogP contribution in [0.15, 0.2) is 47.1 Å². The average Bonchev–Trinajstić information content (AvgIpc) is 3.37. The van der Waals surface area contributed by atoms with Crippen LogP contribution in [0.2, 0.25) is 5.02 Å². The Bertz CT molecular complexity index is 1260. The van der Waals surface area contributed by atoms with E-state index in [1.807, 2.05) is 28.8 Å². The Labute approximate surface area is 182 Å². The van der Waals surface area contributed by atoms with E-state index in [1.54, 1.807) is 17.9 Å². The third kappa shape index (κ3) is 3.37. The van der Waals surface area contributed by atoms with Gasteiger partial charge in [-0.15, -0.1) is 10.2 Å². The number of fused-ring (bicyclic) bond motifs is 1. The first-order chi connectivity index (χ1) is 15.0. The lowest BCUT2D eigenvalue weighted by Gasteiger charge is -2.32. The molecule has 1 aliphatic heterocycles. The summed E-state index contributed by atoms with van der Waals surface area (Å²) in [5.74, 6) is 0.380. The van der Waals surface area contributed by atoms with E-state index in [9.17, 15) is 9.18 Å². The molecule has 1 atom stereocenters. The molecule has 1 saturated heterocycles. The van der Waals surface area contributed by atoms with Crippen LogP contribution in [0.5, 0.6) is 0 Å². The molecule has 0 bridgehead atoms. The van der Waals surface area contributed by atoms with Gasteiger partial charge in [0, 0.05) is 25.2 Å². The van der Waals surface area contributed by atoms with Gasteiger partial charge < -0.3 is 9.42 Å². The Kier molecular flexibility index (Phi) is 4.94. The first kappa shape index (κ1) is 19.7. The molecule has 31 heavy (non-hydrogen) atoms. The van der Waals surface area contributed by atoms with E-state index in [2.05, 4.69) is 15.4 Å². The Morgan fingerprint density at radius 2 is 2.10 bits per heavy atom. The fourth-order valence-electron chi connectivity index (χ4n) is 4.19. The number of aryl methyl sites for hydroxylation is 1. The second-order valence-electron chi connectivity index (χ2n) is 7.64. The van der Waals surface area contributed by atoms with Crippen molar-refractivity contribution in [3.05, 3.63) is 70.6 Å². The zero-order valence-corrected chi connectivity index (χ0v) is 17.5. The van der Waals surface area contributed by atoms with Crippen LogP contribution in [0.4, 0.5) is 4.39 Å². The van der Waals surface area contributed by atoms with Gasteiger partial charge in [-0.3, -0.25) is 9.20 Å². The van der Waals surface area contributed by atoms with Crippen molar-refractivity contribution in [1.82, 2.24) is 24.7 Å². The highest BCUT2D eigenvalue weighted by Gasteiger charge is 2.33. The minimum absolute atomic E-state index is 0.0377. The fourth-order valence-corrected chi connectivity index (χ4v) is 4.44. The molecule has 1 aliphatic rings. The number of carbonyl (C=O) groups excluding carboxylic acids is 1. The van der Waals surface area contributed by atoms with Crippen LogP contribution >= 0.6 is 11.6 Å². The Morgan fingerprint density at radius 1 is 1.23 bits per heavy atom. The minimum atomic E-state index is -0.554. The molecule has 5 rings (SSSR count). The summed E-state index contributed by atoms with van der Waals surface area (Å²) in [6.07, 6.45) is 3.64. The van der Waals surface area contributed by atoms with Crippen molar-refractivity contribution < 1.29 is 13.7 Å². The zero-order chi connectivity index (χ0) is 21.5. The van der Waals surface area contributed by atoms with Gasteiger partial charge in [0.05, 0.1) is 10.6 Å². The summed E-state index contributed by atoms with van der Waals surface area (Å²) in [5, 5.41) is 12.7. The number of pyridine rings is 1. The summed E-state index contributed by atoms with van der Waals surface area (Å²) < 4.78 is 21.8. The number of likely N-dealkylation sites (tertiary alicyclic amines) is 1. The largest absolute Gasteiger partial charge is 0.360 e. The molecule has 1 fully saturated rings. The van der Waals surface area contributed by atoms with Crippen molar-refractivity contribution in [3.8, 4) is 11.3 Å². The summed E-state index contributed by atoms with van der Waals surface area (Å²) in [6.45, 7) is 2.71. The van der Waals surface area contributed by atoms with Crippen LogP contribution in [0, 0.1) is 12.7 Å². The highest BCUT2D eigenvalue weighted by molar-refractivity contribution is 6.33. The molecule has 7 nitrogen and oxygen atoms in total. The second kappa shape index (κ2) is 7.77. The maximum Gasteiger partial charge on any atom is 0.259 e. The fraction of sp³-hybridized carbons (Fsp3) is 0.273. The van der Waals surface area contributed by atoms with Crippen molar-refractivity contribution in [1.29, 1.82) is 0 Å². The Morgan fingerprint density at radius 3 is 2.94 bits per heavy atom. The lowest BCUT2D eigenvalue weighted by atomic mass is 9.96. The topological polar surface area (TPSA) is 76.5 Å². The van der Waals surface area contributed by atoms with E-state index in [4.69, 9.17) is 16.1 Å². The van der Waals surface area contributed by atoms with Crippen molar-refractivity contribution in [2.75, 3.05) is 13.1 Å². The normalized spacial score (nSPS) is 16.7. The minimum Gasteiger partial charge on any atom is -0.360 e. The van der Waals surface area contributed by atoms with E-state index >= 15 is 0 Å². The maximum absolute atomic E-state index is 14.5. The highest BCUT2D eigenvalue weighted by atomic mass is 35.5. The van der Waals surface area contributed by atoms with Crippen LogP contribution in [0.1, 0.15) is 40.7 Å². The summed E-state index contributed by atoms with van der Waals surface area (Å²) in [7, 11) is 0. The van der Waals surface area contributed by atoms with E-state index in [1.165, 1.54) is 12.1 Å². The van der Waals surface area contributed by atoms with Gasteiger partial charge in [-0.1, -0.05) is 28.9 Å². The molecule has 0 radical (unpaired) electrons. The summed E-state index contributed by atoms with van der Waals surface area (Å²) >= 11 is 6.22. The van der Waals surface area contributed by atoms with Crippen molar-refractivity contribution in [2.24, 2.45) is 0 Å². The van der Waals surface area contributed by atoms with Gasteiger partial charge in [0.15, 0.2) is 5.65 Å². The molecule has 4 aromatic rings. The summed E-state index contributed by atoms with van der Waals surface area (Å²) in [6, 6.07) is 10.1. The number of amides is 1. The third-order valence-corrected chi connectivity index (χ3v) is 6.00. The molecular weight excluding hydrogens is 421 g/mol. The molecule has 158 valence electrons. The lowest BCUT2D eigenvalue weighted by Crippen LogP contribution is -2.40. The molecule has 4 heterocycles.